The summed E-state index contributed by atoms with van der Waals surface area (Å²) in [7, 11) is 0. The number of nitrogens with two attached hydrogens (primary N) is 1. The average molecular weight is 229 g/mol. The zero-order valence-corrected chi connectivity index (χ0v) is 11.6. The highest BCUT2D eigenvalue weighted by Gasteiger charge is 2.33. The van der Waals surface area contributed by atoms with E-state index < -0.39 is 0 Å². The maximum absolute atomic E-state index is 10.2. The summed E-state index contributed by atoms with van der Waals surface area (Å²) < 4.78 is 0. The molecule has 98 valence electrons. The van der Waals surface area contributed by atoms with E-state index in [1.165, 1.54) is 0 Å². The molecule has 0 saturated carbocycles. The molecule has 0 fully saturated rings. The van der Waals surface area contributed by atoms with Crippen molar-refractivity contribution in [2.45, 2.75) is 84.3 Å². The second-order valence-corrected chi connectivity index (χ2v) is 5.59. The molecule has 2 unspecified atom stereocenters. The van der Waals surface area contributed by atoms with Gasteiger partial charge in [0.1, 0.15) is 0 Å². The van der Waals surface area contributed by atoms with Crippen LogP contribution in [0.2, 0.25) is 0 Å². The van der Waals surface area contributed by atoms with Crippen LogP contribution in [0.5, 0.6) is 0 Å². The third-order valence-electron chi connectivity index (χ3n) is 3.28. The number of hydrogen-bond acceptors (Lipinski definition) is 2. The molecule has 0 saturated heterocycles. The van der Waals surface area contributed by atoms with Gasteiger partial charge < -0.3 is 10.8 Å². The minimum absolute atomic E-state index is 0.332. The van der Waals surface area contributed by atoms with Crippen molar-refractivity contribution in [3.05, 3.63) is 0 Å². The first-order chi connectivity index (χ1) is 7.46. The van der Waals surface area contributed by atoms with E-state index in [1.54, 1.807) is 0 Å². The average Bonchev–Trinajstić information content (AvgIpc) is 2.22. The van der Waals surface area contributed by atoms with Crippen LogP contribution in [0.15, 0.2) is 0 Å². The van der Waals surface area contributed by atoms with Crippen LogP contribution >= 0.6 is 0 Å². The predicted molar refractivity (Wildman–Crippen MR) is 71.4 cm³/mol. The van der Waals surface area contributed by atoms with E-state index in [0.717, 1.165) is 44.9 Å². The zero-order valence-electron chi connectivity index (χ0n) is 11.6. The summed E-state index contributed by atoms with van der Waals surface area (Å²) in [6.45, 7) is 8.69. The van der Waals surface area contributed by atoms with Gasteiger partial charge in [0, 0.05) is 5.54 Å². The largest absolute Gasteiger partial charge is 0.391 e. The van der Waals surface area contributed by atoms with Crippen LogP contribution in [-0.4, -0.2) is 16.7 Å². The zero-order chi connectivity index (χ0) is 12.6. The molecular weight excluding hydrogens is 198 g/mol. The highest BCUT2D eigenvalue weighted by Crippen LogP contribution is 2.27. The number of hydrogen-bond donors (Lipinski definition) is 2. The number of aliphatic hydroxyl groups excluding tert-OH is 1. The molecular formula is C14H31NO. The fourth-order valence-electron chi connectivity index (χ4n) is 2.36. The van der Waals surface area contributed by atoms with E-state index in [1.807, 2.05) is 0 Å². The quantitative estimate of drug-likeness (QED) is 0.636. The third kappa shape index (κ3) is 5.86. The predicted octanol–water partition coefficient (Wildman–Crippen LogP) is 3.47. The van der Waals surface area contributed by atoms with Gasteiger partial charge in [0.2, 0.25) is 0 Å². The summed E-state index contributed by atoms with van der Waals surface area (Å²) in [6, 6.07) is 0. The molecule has 0 bridgehead atoms. The van der Waals surface area contributed by atoms with E-state index in [0.29, 0.717) is 5.92 Å². The highest BCUT2D eigenvalue weighted by atomic mass is 16.3. The molecule has 0 aliphatic rings. The van der Waals surface area contributed by atoms with Crippen LogP contribution in [0.3, 0.4) is 0 Å². The van der Waals surface area contributed by atoms with E-state index >= 15 is 0 Å². The Morgan fingerprint density at radius 1 is 1.12 bits per heavy atom. The van der Waals surface area contributed by atoms with Crippen molar-refractivity contribution >= 4 is 0 Å². The standard InChI is InChI=1S/C14H31NO/c1-5-7-9-13(16)14(15,10-8-6-2)11-12(3)4/h12-13,16H,5-11,15H2,1-4H3. The van der Waals surface area contributed by atoms with Gasteiger partial charge in [-0.15, -0.1) is 0 Å². The van der Waals surface area contributed by atoms with Gasteiger partial charge >= 0.3 is 0 Å². The molecule has 2 heteroatoms. The maximum atomic E-state index is 10.2. The Labute approximate surface area is 102 Å². The summed E-state index contributed by atoms with van der Waals surface area (Å²) in [4.78, 5) is 0. The smallest absolute Gasteiger partial charge is 0.0719 e. The van der Waals surface area contributed by atoms with Gasteiger partial charge in [-0.1, -0.05) is 53.4 Å². The first kappa shape index (κ1) is 15.9. The molecule has 0 amide bonds. The Morgan fingerprint density at radius 3 is 2.12 bits per heavy atom. The van der Waals surface area contributed by atoms with Gasteiger partial charge in [0.15, 0.2) is 0 Å². The second-order valence-electron chi connectivity index (χ2n) is 5.59. The molecule has 3 N–H and O–H groups in total. The maximum Gasteiger partial charge on any atom is 0.0719 e. The van der Waals surface area contributed by atoms with Crippen LogP contribution in [0.1, 0.15) is 72.6 Å². The van der Waals surface area contributed by atoms with E-state index in [4.69, 9.17) is 5.73 Å². The van der Waals surface area contributed by atoms with Gasteiger partial charge in [-0.2, -0.15) is 0 Å². The SMILES string of the molecule is CCCCC(O)C(N)(CCCC)CC(C)C. The molecule has 16 heavy (non-hydrogen) atoms. The summed E-state index contributed by atoms with van der Waals surface area (Å²) in [5.41, 5.74) is 6.06. The molecule has 0 rings (SSSR count). The second kappa shape index (κ2) is 8.08. The minimum atomic E-state index is -0.362. The van der Waals surface area contributed by atoms with Crippen molar-refractivity contribution in [1.82, 2.24) is 0 Å². The highest BCUT2D eigenvalue weighted by molar-refractivity contribution is 4.92. The number of rotatable bonds is 9. The molecule has 2 atom stereocenters. The normalized spacial score (nSPS) is 17.4. The third-order valence-corrected chi connectivity index (χ3v) is 3.28. The molecule has 0 aliphatic heterocycles. The molecule has 0 aromatic rings. The van der Waals surface area contributed by atoms with Gasteiger partial charge in [-0.25, -0.2) is 0 Å². The molecule has 0 aliphatic carbocycles. The Balaban J connectivity index is 4.36. The lowest BCUT2D eigenvalue weighted by atomic mass is 9.79. The Bertz CT molecular complexity index is 170. The fourth-order valence-corrected chi connectivity index (χ4v) is 2.36. The monoisotopic (exact) mass is 229 g/mol. The van der Waals surface area contributed by atoms with Crippen LogP contribution in [0.4, 0.5) is 0 Å². The first-order valence-corrected chi connectivity index (χ1v) is 6.93. The van der Waals surface area contributed by atoms with Crippen molar-refractivity contribution in [3.63, 3.8) is 0 Å². The summed E-state index contributed by atoms with van der Waals surface area (Å²) in [5, 5.41) is 10.2. The number of unbranched alkanes of at least 4 members (excludes halogenated alkanes) is 2. The van der Waals surface area contributed by atoms with Crippen molar-refractivity contribution in [2.75, 3.05) is 0 Å². The van der Waals surface area contributed by atoms with Gasteiger partial charge in [-0.3, -0.25) is 0 Å². The van der Waals surface area contributed by atoms with Crippen LogP contribution in [0, 0.1) is 5.92 Å². The molecule has 0 radical (unpaired) electrons. The van der Waals surface area contributed by atoms with Crippen LogP contribution in [-0.2, 0) is 0 Å². The van der Waals surface area contributed by atoms with Crippen molar-refractivity contribution < 1.29 is 5.11 Å². The van der Waals surface area contributed by atoms with Gasteiger partial charge in [0.05, 0.1) is 6.10 Å². The van der Waals surface area contributed by atoms with Crippen LogP contribution in [0.25, 0.3) is 0 Å². The fraction of sp³-hybridized carbons (Fsp3) is 1.00. The lowest BCUT2D eigenvalue weighted by molar-refractivity contribution is 0.0542. The van der Waals surface area contributed by atoms with E-state index in [-0.39, 0.29) is 11.6 Å². The first-order valence-electron chi connectivity index (χ1n) is 6.93. The van der Waals surface area contributed by atoms with Gasteiger partial charge in [0.25, 0.3) is 0 Å². The van der Waals surface area contributed by atoms with Crippen molar-refractivity contribution in [2.24, 2.45) is 11.7 Å². The molecule has 0 spiro atoms. The minimum Gasteiger partial charge on any atom is -0.391 e. The lowest BCUT2D eigenvalue weighted by Gasteiger charge is -2.36. The van der Waals surface area contributed by atoms with Gasteiger partial charge in [-0.05, 0) is 25.2 Å². The van der Waals surface area contributed by atoms with Crippen molar-refractivity contribution in [1.29, 1.82) is 0 Å². The van der Waals surface area contributed by atoms with Crippen LogP contribution < -0.4 is 5.73 Å². The molecule has 0 aromatic carbocycles. The Kier molecular flexibility index (Phi) is 8.04. The molecule has 0 aromatic heterocycles. The van der Waals surface area contributed by atoms with E-state index in [2.05, 4.69) is 27.7 Å². The summed E-state index contributed by atoms with van der Waals surface area (Å²) in [6.07, 6.45) is 6.87. The topological polar surface area (TPSA) is 46.2 Å². The lowest BCUT2D eigenvalue weighted by Crippen LogP contribution is -2.51. The van der Waals surface area contributed by atoms with Crippen molar-refractivity contribution in [3.8, 4) is 0 Å². The Hall–Kier alpha value is -0.0800. The number of aliphatic hydroxyl groups is 1. The molecule has 2 nitrogen and oxygen atoms in total. The summed E-state index contributed by atoms with van der Waals surface area (Å²) in [5.74, 6) is 0.554. The molecule has 0 heterocycles. The summed E-state index contributed by atoms with van der Waals surface area (Å²) >= 11 is 0. The Morgan fingerprint density at radius 2 is 1.69 bits per heavy atom. The van der Waals surface area contributed by atoms with E-state index in [9.17, 15) is 5.11 Å².